The van der Waals surface area contributed by atoms with Crippen LogP contribution in [0, 0.1) is 5.92 Å². The van der Waals surface area contributed by atoms with E-state index in [-0.39, 0.29) is 0 Å². The summed E-state index contributed by atoms with van der Waals surface area (Å²) in [6.07, 6.45) is 0. The maximum absolute atomic E-state index is 6.11. The van der Waals surface area contributed by atoms with Gasteiger partial charge in [0.25, 0.3) is 0 Å². The van der Waals surface area contributed by atoms with Gasteiger partial charge in [-0.1, -0.05) is 41.4 Å². The van der Waals surface area contributed by atoms with Gasteiger partial charge in [-0.25, -0.2) is 0 Å². The second-order valence-electron chi connectivity index (χ2n) is 5.26. The van der Waals surface area contributed by atoms with Crippen molar-refractivity contribution in [2.45, 2.75) is 27.0 Å². The maximum Gasteiger partial charge on any atom is 0.139 e. The molecule has 0 saturated heterocycles. The van der Waals surface area contributed by atoms with Crippen molar-refractivity contribution in [3.05, 3.63) is 49.6 Å². The van der Waals surface area contributed by atoms with E-state index in [1.807, 2.05) is 18.2 Å². The highest BCUT2D eigenvalue weighted by molar-refractivity contribution is 9.10. The molecule has 2 aromatic rings. The Balaban J connectivity index is 1.86. The third-order valence-electron chi connectivity index (χ3n) is 2.83. The first-order valence-corrected chi connectivity index (χ1v) is 8.89. The molecule has 0 aliphatic heterocycles. The van der Waals surface area contributed by atoms with Crippen molar-refractivity contribution in [2.75, 3.05) is 6.54 Å². The van der Waals surface area contributed by atoms with E-state index in [2.05, 4.69) is 47.2 Å². The minimum Gasteiger partial charge on any atom is -0.486 e. The van der Waals surface area contributed by atoms with Crippen molar-refractivity contribution >= 4 is 38.9 Å². The molecule has 114 valence electrons. The first-order valence-electron chi connectivity index (χ1n) is 6.90. The SMILES string of the molecule is CC(C)CNCc1ccc(COc2cc(Br)ccc2Cl)s1. The number of benzene rings is 1. The van der Waals surface area contributed by atoms with Crippen molar-refractivity contribution in [3.63, 3.8) is 0 Å². The highest BCUT2D eigenvalue weighted by atomic mass is 79.9. The van der Waals surface area contributed by atoms with Gasteiger partial charge in [0, 0.05) is 20.8 Å². The lowest BCUT2D eigenvalue weighted by atomic mass is 10.2. The molecular formula is C16H19BrClNOS. The molecule has 21 heavy (non-hydrogen) atoms. The second-order valence-corrected chi connectivity index (χ2v) is 7.83. The van der Waals surface area contributed by atoms with E-state index in [1.165, 1.54) is 9.75 Å². The predicted octanol–water partition coefficient (Wildman–Crippen LogP) is 5.49. The Kier molecular flexibility index (Phi) is 6.55. The summed E-state index contributed by atoms with van der Waals surface area (Å²) >= 11 is 11.3. The molecule has 2 rings (SSSR count). The van der Waals surface area contributed by atoms with Gasteiger partial charge in [0.05, 0.1) is 5.02 Å². The van der Waals surface area contributed by atoms with Gasteiger partial charge in [0.15, 0.2) is 0 Å². The van der Waals surface area contributed by atoms with Crippen LogP contribution in [0.1, 0.15) is 23.6 Å². The highest BCUT2D eigenvalue weighted by Crippen LogP contribution is 2.29. The van der Waals surface area contributed by atoms with Crippen LogP contribution in [0.3, 0.4) is 0 Å². The first-order chi connectivity index (χ1) is 10.0. The first kappa shape index (κ1) is 16.8. The zero-order valence-electron chi connectivity index (χ0n) is 12.2. The normalized spacial score (nSPS) is 11.1. The molecule has 1 aromatic heterocycles. The molecular weight excluding hydrogens is 370 g/mol. The third-order valence-corrected chi connectivity index (χ3v) is 4.70. The summed E-state index contributed by atoms with van der Waals surface area (Å²) in [7, 11) is 0. The van der Waals surface area contributed by atoms with Gasteiger partial charge in [0.2, 0.25) is 0 Å². The molecule has 5 heteroatoms. The second kappa shape index (κ2) is 8.18. The topological polar surface area (TPSA) is 21.3 Å². The largest absolute Gasteiger partial charge is 0.486 e. The lowest BCUT2D eigenvalue weighted by Gasteiger charge is -2.07. The van der Waals surface area contributed by atoms with Crippen LogP contribution >= 0.6 is 38.9 Å². The lowest BCUT2D eigenvalue weighted by Crippen LogP contribution is -2.18. The van der Waals surface area contributed by atoms with E-state index in [1.54, 1.807) is 11.3 Å². The summed E-state index contributed by atoms with van der Waals surface area (Å²) in [6.45, 7) is 6.92. The standard InChI is InChI=1S/C16H19BrClNOS/c1-11(2)8-19-9-13-4-5-14(21-13)10-20-16-7-12(17)3-6-15(16)18/h3-7,11,19H,8-10H2,1-2H3. The van der Waals surface area contributed by atoms with E-state index in [4.69, 9.17) is 16.3 Å². The fraction of sp³-hybridized carbons (Fsp3) is 0.375. The number of thiophene rings is 1. The Morgan fingerprint density at radius 3 is 2.76 bits per heavy atom. The minimum atomic E-state index is 0.547. The van der Waals surface area contributed by atoms with Gasteiger partial charge in [-0.3, -0.25) is 0 Å². The fourth-order valence-electron chi connectivity index (χ4n) is 1.82. The molecule has 2 nitrogen and oxygen atoms in total. The van der Waals surface area contributed by atoms with Crippen molar-refractivity contribution in [1.29, 1.82) is 0 Å². The Bertz CT molecular complexity index is 585. The maximum atomic E-state index is 6.11. The number of hydrogen-bond acceptors (Lipinski definition) is 3. The summed E-state index contributed by atoms with van der Waals surface area (Å²) in [5.41, 5.74) is 0. The molecule has 1 N–H and O–H groups in total. The molecule has 1 aromatic carbocycles. The molecule has 0 aliphatic rings. The third kappa shape index (κ3) is 5.62. The van der Waals surface area contributed by atoms with Crippen molar-refractivity contribution in [1.82, 2.24) is 5.32 Å². The molecule has 0 saturated carbocycles. The van der Waals surface area contributed by atoms with Crippen LogP contribution in [0.5, 0.6) is 5.75 Å². The summed E-state index contributed by atoms with van der Waals surface area (Å²) < 4.78 is 6.75. The minimum absolute atomic E-state index is 0.547. The van der Waals surface area contributed by atoms with Crippen LogP contribution in [0.25, 0.3) is 0 Å². The molecule has 0 amide bonds. The van der Waals surface area contributed by atoms with Crippen LogP contribution in [0.2, 0.25) is 5.02 Å². The molecule has 0 spiro atoms. The zero-order chi connectivity index (χ0) is 15.2. The van der Waals surface area contributed by atoms with Crippen LogP contribution in [0.15, 0.2) is 34.8 Å². The van der Waals surface area contributed by atoms with Gasteiger partial charge in [-0.15, -0.1) is 11.3 Å². The van der Waals surface area contributed by atoms with Gasteiger partial charge >= 0.3 is 0 Å². The molecule has 0 fully saturated rings. The number of halogens is 2. The monoisotopic (exact) mass is 387 g/mol. The van der Waals surface area contributed by atoms with Crippen molar-refractivity contribution < 1.29 is 4.74 Å². The van der Waals surface area contributed by atoms with Gasteiger partial charge in [0.1, 0.15) is 12.4 Å². The molecule has 0 bridgehead atoms. The quantitative estimate of drug-likeness (QED) is 0.677. The molecule has 1 heterocycles. The molecule has 0 aliphatic carbocycles. The van der Waals surface area contributed by atoms with Crippen molar-refractivity contribution in [2.24, 2.45) is 5.92 Å². The van der Waals surface area contributed by atoms with E-state index in [0.29, 0.717) is 23.3 Å². The van der Waals surface area contributed by atoms with Gasteiger partial charge < -0.3 is 10.1 Å². The van der Waals surface area contributed by atoms with E-state index in [9.17, 15) is 0 Å². The van der Waals surface area contributed by atoms with Crippen LogP contribution < -0.4 is 10.1 Å². The van der Waals surface area contributed by atoms with E-state index in [0.717, 1.165) is 17.6 Å². The van der Waals surface area contributed by atoms with Crippen LogP contribution in [-0.4, -0.2) is 6.54 Å². The average molecular weight is 389 g/mol. The Hall–Kier alpha value is -0.550. The number of rotatable bonds is 7. The van der Waals surface area contributed by atoms with Gasteiger partial charge in [-0.05, 0) is 42.8 Å². The number of ether oxygens (including phenoxy) is 1. The van der Waals surface area contributed by atoms with Crippen LogP contribution in [-0.2, 0) is 13.2 Å². The Morgan fingerprint density at radius 2 is 2.00 bits per heavy atom. The van der Waals surface area contributed by atoms with Crippen LogP contribution in [0.4, 0.5) is 0 Å². The zero-order valence-corrected chi connectivity index (χ0v) is 15.3. The molecule has 0 atom stereocenters. The Labute approximate surface area is 143 Å². The van der Waals surface area contributed by atoms with E-state index < -0.39 is 0 Å². The summed E-state index contributed by atoms with van der Waals surface area (Å²) in [6, 6.07) is 9.89. The summed E-state index contributed by atoms with van der Waals surface area (Å²) in [5, 5.41) is 4.08. The summed E-state index contributed by atoms with van der Waals surface area (Å²) in [4.78, 5) is 2.53. The number of nitrogens with one attached hydrogen (secondary N) is 1. The summed E-state index contributed by atoms with van der Waals surface area (Å²) in [5.74, 6) is 1.38. The van der Waals surface area contributed by atoms with Crippen molar-refractivity contribution in [3.8, 4) is 5.75 Å². The molecule has 0 radical (unpaired) electrons. The Morgan fingerprint density at radius 1 is 1.24 bits per heavy atom. The molecule has 0 unspecified atom stereocenters. The van der Waals surface area contributed by atoms with Gasteiger partial charge in [-0.2, -0.15) is 0 Å². The smallest absolute Gasteiger partial charge is 0.139 e. The highest BCUT2D eigenvalue weighted by Gasteiger charge is 2.05. The fourth-order valence-corrected chi connectivity index (χ4v) is 3.23. The predicted molar refractivity (Wildman–Crippen MR) is 94.3 cm³/mol. The average Bonchev–Trinajstić information content (AvgIpc) is 2.87. The van der Waals surface area contributed by atoms with E-state index >= 15 is 0 Å². The lowest BCUT2D eigenvalue weighted by molar-refractivity contribution is 0.310. The number of hydrogen-bond donors (Lipinski definition) is 1.